The summed E-state index contributed by atoms with van der Waals surface area (Å²) in [5.41, 5.74) is 0.678. The first-order valence-electron chi connectivity index (χ1n) is 7.79. The van der Waals surface area contributed by atoms with Gasteiger partial charge in [0.25, 0.3) is 0 Å². The van der Waals surface area contributed by atoms with Crippen LogP contribution in [0.2, 0.25) is 0 Å². The van der Waals surface area contributed by atoms with Gasteiger partial charge in [0.15, 0.2) is 0 Å². The van der Waals surface area contributed by atoms with Crippen LogP contribution in [-0.4, -0.2) is 65.1 Å². The Morgan fingerprint density at radius 2 is 2.00 bits per heavy atom. The highest BCUT2D eigenvalue weighted by Crippen LogP contribution is 2.11. The van der Waals surface area contributed by atoms with Crippen molar-refractivity contribution < 1.29 is 9.59 Å². The topological polar surface area (TPSA) is 70.5 Å². The summed E-state index contributed by atoms with van der Waals surface area (Å²) >= 11 is 0. The number of anilines is 1. The number of likely N-dealkylation sites (N-methyl/N-ethyl adjacent to an activating group) is 1. The van der Waals surface area contributed by atoms with E-state index in [1.54, 1.807) is 10.9 Å². The fraction of sp³-hybridized carbons (Fsp3) is 0.667. The van der Waals surface area contributed by atoms with Crippen molar-refractivity contribution in [2.45, 2.75) is 32.2 Å². The number of hydrogen-bond donors (Lipinski definition) is 1. The van der Waals surface area contributed by atoms with Crippen molar-refractivity contribution in [3.05, 3.63) is 12.4 Å². The molecule has 0 aromatic carbocycles. The molecule has 0 saturated carbocycles. The van der Waals surface area contributed by atoms with Gasteiger partial charge >= 0.3 is 0 Å². The van der Waals surface area contributed by atoms with Gasteiger partial charge in [-0.25, -0.2) is 0 Å². The Morgan fingerprint density at radius 1 is 1.27 bits per heavy atom. The maximum absolute atomic E-state index is 11.9. The van der Waals surface area contributed by atoms with Crippen LogP contribution in [0, 0.1) is 0 Å². The number of nitrogens with zero attached hydrogens (tertiary/aromatic N) is 4. The van der Waals surface area contributed by atoms with Crippen LogP contribution in [0.1, 0.15) is 25.7 Å². The van der Waals surface area contributed by atoms with E-state index in [1.165, 1.54) is 0 Å². The normalized spacial score (nSPS) is 14.6. The number of carbonyl (C=O) groups excluding carboxylic acids is 2. The van der Waals surface area contributed by atoms with E-state index in [2.05, 4.69) is 15.3 Å². The van der Waals surface area contributed by atoms with Gasteiger partial charge in [0, 0.05) is 38.7 Å². The lowest BCUT2D eigenvalue weighted by Crippen LogP contribution is -2.28. The molecule has 0 spiro atoms. The number of aromatic nitrogens is 2. The first-order chi connectivity index (χ1) is 10.5. The van der Waals surface area contributed by atoms with Crippen molar-refractivity contribution in [1.82, 2.24) is 19.6 Å². The fourth-order valence-electron chi connectivity index (χ4n) is 2.42. The molecule has 0 radical (unpaired) electrons. The molecule has 0 bridgehead atoms. The molecule has 0 unspecified atom stereocenters. The van der Waals surface area contributed by atoms with E-state index in [-0.39, 0.29) is 24.7 Å². The molecule has 1 aliphatic rings. The second kappa shape index (κ2) is 7.93. The smallest absolute Gasteiger partial charge is 0.224 e. The van der Waals surface area contributed by atoms with Crippen LogP contribution in [0.4, 0.5) is 5.69 Å². The van der Waals surface area contributed by atoms with E-state index >= 15 is 0 Å². The van der Waals surface area contributed by atoms with Crippen LogP contribution >= 0.6 is 0 Å². The molecule has 1 fully saturated rings. The summed E-state index contributed by atoms with van der Waals surface area (Å²) in [4.78, 5) is 27.7. The van der Waals surface area contributed by atoms with E-state index in [9.17, 15) is 9.59 Å². The Bertz CT molecular complexity index is 506. The van der Waals surface area contributed by atoms with E-state index < -0.39 is 0 Å². The molecule has 22 heavy (non-hydrogen) atoms. The molecule has 2 rings (SSSR count). The third-order valence-corrected chi connectivity index (χ3v) is 3.72. The summed E-state index contributed by atoms with van der Waals surface area (Å²) in [5.74, 6) is -0.0611. The molecule has 2 heterocycles. The average Bonchev–Trinajstić information content (AvgIpc) is 3.14. The van der Waals surface area contributed by atoms with Crippen molar-refractivity contribution in [1.29, 1.82) is 0 Å². The Labute approximate surface area is 131 Å². The number of carbonyl (C=O) groups is 2. The molecule has 1 saturated heterocycles. The zero-order valence-electron chi connectivity index (χ0n) is 13.4. The van der Waals surface area contributed by atoms with Crippen molar-refractivity contribution >= 4 is 17.5 Å². The first-order valence-corrected chi connectivity index (χ1v) is 7.79. The highest BCUT2D eigenvalue weighted by atomic mass is 16.2. The SMILES string of the molecule is CN(C)CCn1cc(NC(=O)CCC(=O)N2CCCC2)cn1. The lowest BCUT2D eigenvalue weighted by molar-refractivity contribution is -0.131. The summed E-state index contributed by atoms with van der Waals surface area (Å²) in [6, 6.07) is 0. The first kappa shape index (κ1) is 16.5. The molecule has 0 aliphatic carbocycles. The molecule has 2 amide bonds. The average molecular weight is 307 g/mol. The van der Waals surface area contributed by atoms with E-state index in [0.29, 0.717) is 5.69 Å². The Morgan fingerprint density at radius 3 is 2.68 bits per heavy atom. The predicted octanol–water partition coefficient (Wildman–Crippen LogP) is 0.786. The second-order valence-corrected chi connectivity index (χ2v) is 5.93. The Balaban J connectivity index is 1.71. The second-order valence-electron chi connectivity index (χ2n) is 5.93. The molecule has 1 aromatic rings. The maximum Gasteiger partial charge on any atom is 0.224 e. The minimum Gasteiger partial charge on any atom is -0.343 e. The molecule has 1 aromatic heterocycles. The molecule has 7 heteroatoms. The minimum atomic E-state index is -0.139. The lowest BCUT2D eigenvalue weighted by atomic mass is 10.2. The summed E-state index contributed by atoms with van der Waals surface area (Å²) in [5, 5.41) is 6.99. The van der Waals surface area contributed by atoms with Gasteiger partial charge in [-0.1, -0.05) is 0 Å². The Hall–Kier alpha value is -1.89. The van der Waals surface area contributed by atoms with Gasteiger partial charge in [-0.2, -0.15) is 5.10 Å². The van der Waals surface area contributed by atoms with Crippen LogP contribution in [0.5, 0.6) is 0 Å². The fourth-order valence-corrected chi connectivity index (χ4v) is 2.42. The van der Waals surface area contributed by atoms with Crippen LogP contribution in [0.15, 0.2) is 12.4 Å². The summed E-state index contributed by atoms with van der Waals surface area (Å²) in [7, 11) is 4.01. The van der Waals surface area contributed by atoms with Gasteiger partial charge in [-0.15, -0.1) is 0 Å². The maximum atomic E-state index is 11.9. The molecular formula is C15H25N5O2. The van der Waals surface area contributed by atoms with E-state index in [0.717, 1.165) is 39.0 Å². The van der Waals surface area contributed by atoms with Gasteiger partial charge in [0.2, 0.25) is 11.8 Å². The van der Waals surface area contributed by atoms with Gasteiger partial charge in [-0.05, 0) is 26.9 Å². The standard InChI is InChI=1S/C15H25N5O2/c1-18(2)9-10-20-12-13(11-16-20)17-14(21)5-6-15(22)19-7-3-4-8-19/h11-12H,3-10H2,1-2H3,(H,17,21). The van der Waals surface area contributed by atoms with Crippen molar-refractivity contribution in [3.8, 4) is 0 Å². The monoisotopic (exact) mass is 307 g/mol. The molecule has 7 nitrogen and oxygen atoms in total. The van der Waals surface area contributed by atoms with Gasteiger partial charge in [0.05, 0.1) is 18.4 Å². The van der Waals surface area contributed by atoms with Crippen molar-refractivity contribution in [2.75, 3.05) is 39.0 Å². The van der Waals surface area contributed by atoms with Gasteiger partial charge in [0.1, 0.15) is 0 Å². The summed E-state index contributed by atoms with van der Waals surface area (Å²) in [6.45, 7) is 3.33. The van der Waals surface area contributed by atoms with Crippen LogP contribution in [0.3, 0.4) is 0 Å². The van der Waals surface area contributed by atoms with E-state index in [1.807, 2.05) is 25.2 Å². The third kappa shape index (κ3) is 5.14. The number of amides is 2. The summed E-state index contributed by atoms with van der Waals surface area (Å²) < 4.78 is 1.80. The van der Waals surface area contributed by atoms with Crippen molar-refractivity contribution in [2.24, 2.45) is 0 Å². The number of likely N-dealkylation sites (tertiary alicyclic amines) is 1. The molecule has 122 valence electrons. The quantitative estimate of drug-likeness (QED) is 0.808. The zero-order chi connectivity index (χ0) is 15.9. The van der Waals surface area contributed by atoms with E-state index in [4.69, 9.17) is 0 Å². The third-order valence-electron chi connectivity index (χ3n) is 3.72. The predicted molar refractivity (Wildman–Crippen MR) is 84.5 cm³/mol. The lowest BCUT2D eigenvalue weighted by Gasteiger charge is -2.14. The largest absolute Gasteiger partial charge is 0.343 e. The number of nitrogens with one attached hydrogen (secondary N) is 1. The Kier molecular flexibility index (Phi) is 5.94. The molecule has 0 atom stereocenters. The molecule has 1 aliphatic heterocycles. The molecular weight excluding hydrogens is 282 g/mol. The van der Waals surface area contributed by atoms with Crippen LogP contribution in [-0.2, 0) is 16.1 Å². The van der Waals surface area contributed by atoms with Crippen LogP contribution < -0.4 is 5.32 Å². The highest BCUT2D eigenvalue weighted by Gasteiger charge is 2.18. The molecule has 1 N–H and O–H groups in total. The van der Waals surface area contributed by atoms with Crippen molar-refractivity contribution in [3.63, 3.8) is 0 Å². The number of hydrogen-bond acceptors (Lipinski definition) is 4. The van der Waals surface area contributed by atoms with Gasteiger partial charge < -0.3 is 15.1 Å². The number of rotatable bonds is 7. The van der Waals surface area contributed by atoms with Gasteiger partial charge in [-0.3, -0.25) is 14.3 Å². The highest BCUT2D eigenvalue weighted by molar-refractivity contribution is 5.93. The van der Waals surface area contributed by atoms with Crippen LogP contribution in [0.25, 0.3) is 0 Å². The minimum absolute atomic E-state index is 0.0781. The summed E-state index contributed by atoms with van der Waals surface area (Å²) in [6.07, 6.45) is 6.09. The zero-order valence-corrected chi connectivity index (χ0v) is 13.4.